The lowest BCUT2D eigenvalue weighted by molar-refractivity contribution is 0.379. The number of hydrogen-bond donors (Lipinski definition) is 6. The first kappa shape index (κ1) is 42.2. The minimum absolute atomic E-state index is 0.249. The topological polar surface area (TPSA) is 176 Å². The van der Waals surface area contributed by atoms with Gasteiger partial charge in [0.1, 0.15) is 33.6 Å². The third-order valence-corrected chi connectivity index (χ3v) is 8.32. The first-order valence-electron chi connectivity index (χ1n) is 16.2. The molecule has 0 aliphatic rings. The summed E-state index contributed by atoms with van der Waals surface area (Å²) in [4.78, 5) is 16.5. The molecule has 0 saturated carbocycles. The minimum atomic E-state index is -0.640. The van der Waals surface area contributed by atoms with E-state index in [1.54, 1.807) is 66.7 Å². The Hall–Kier alpha value is -5.58. The number of para-hydroxylation sites is 3. The number of hydrogen-bond acceptors (Lipinski definition) is 13. The van der Waals surface area contributed by atoms with Crippen molar-refractivity contribution in [2.75, 3.05) is 37.3 Å². The van der Waals surface area contributed by atoms with Crippen molar-refractivity contribution in [1.29, 1.82) is 0 Å². The van der Waals surface area contributed by atoms with Gasteiger partial charge in [-0.2, -0.15) is 19.9 Å². The van der Waals surface area contributed by atoms with Gasteiger partial charge in [0.2, 0.25) is 11.8 Å². The summed E-state index contributed by atoms with van der Waals surface area (Å²) in [6.45, 7) is 1.19. The molecule has 6 N–H and O–H groups in total. The largest absolute Gasteiger partial charge is 0.508 e. The fourth-order valence-electron chi connectivity index (χ4n) is 4.50. The maximum Gasteiger partial charge on any atom is 0.319 e. The number of benzene rings is 3. The first-order valence-corrected chi connectivity index (χ1v) is 18.2. The van der Waals surface area contributed by atoms with Crippen LogP contribution >= 0.6 is 43.5 Å². The molecule has 13 nitrogen and oxygen atoms in total. The predicted molar refractivity (Wildman–Crippen MR) is 217 cm³/mol. The molecule has 6 rings (SSSR count). The van der Waals surface area contributed by atoms with E-state index in [0.717, 1.165) is 15.6 Å². The average Bonchev–Trinajstić information content (AvgIpc) is 3.17. The second-order valence-electron chi connectivity index (χ2n) is 11.1. The summed E-state index contributed by atoms with van der Waals surface area (Å²) < 4.78 is 29.6. The van der Waals surface area contributed by atoms with Crippen molar-refractivity contribution in [2.24, 2.45) is 0 Å². The van der Waals surface area contributed by atoms with Gasteiger partial charge in [-0.05, 0) is 46.3 Å². The second kappa shape index (κ2) is 21.3. The van der Waals surface area contributed by atoms with Crippen LogP contribution in [-0.4, -0.2) is 56.6 Å². The second-order valence-corrected chi connectivity index (χ2v) is 13.2. The summed E-state index contributed by atoms with van der Waals surface area (Å²) in [5.74, 6) is 2.21. The van der Waals surface area contributed by atoms with Crippen LogP contribution in [-0.2, 0) is 19.6 Å². The monoisotopic (exact) mass is 899 g/mol. The van der Waals surface area contributed by atoms with E-state index in [1.165, 1.54) is 27.4 Å². The van der Waals surface area contributed by atoms with Crippen molar-refractivity contribution in [3.05, 3.63) is 134 Å². The molecule has 0 aliphatic heterocycles. The molecule has 3 aromatic heterocycles. The van der Waals surface area contributed by atoms with Gasteiger partial charge in [-0.1, -0.05) is 76.1 Å². The standard InChI is InChI=1S/C13H12BrFN2O2.C13H13ClN2O2.C12H12BrN3O2/c1-19-12-6-9(14)5-11(17-12)16-7-8-3-2-4-10(15)13(8)18;1-18-13-7-10(14)6-12(16-13)15-8-9-4-2-3-5-11(9)17;1-18-12-15-10(13)6-11(16-12)14-7-8-4-2-3-5-9(8)17/h2-6,18H,7H2,1H3,(H,16,17);2-7,17H,8H2,1H3,(H,15,16);2-6,17H,7H2,1H3,(H,14,15,16). The molecule has 3 aromatic carbocycles. The maximum absolute atomic E-state index is 13.2. The van der Waals surface area contributed by atoms with E-state index in [4.69, 9.17) is 25.8 Å². The quantitative estimate of drug-likeness (QED) is 0.0643. The molecule has 0 unspecified atom stereocenters. The van der Waals surface area contributed by atoms with E-state index in [-0.39, 0.29) is 29.8 Å². The van der Waals surface area contributed by atoms with E-state index in [1.807, 2.05) is 24.3 Å². The lowest BCUT2D eigenvalue weighted by atomic mass is 10.2. The molecule has 0 saturated heterocycles. The number of ether oxygens (including phenoxy) is 3. The summed E-state index contributed by atoms with van der Waals surface area (Å²) in [6, 6.07) is 27.5. The van der Waals surface area contributed by atoms with Gasteiger partial charge >= 0.3 is 6.01 Å². The van der Waals surface area contributed by atoms with Crippen molar-refractivity contribution in [1.82, 2.24) is 19.9 Å². The van der Waals surface area contributed by atoms with Crippen LogP contribution in [0.4, 0.5) is 21.8 Å². The normalized spacial score (nSPS) is 10.2. The van der Waals surface area contributed by atoms with Crippen molar-refractivity contribution in [3.8, 4) is 35.0 Å². The molecule has 0 fully saturated rings. The van der Waals surface area contributed by atoms with Crippen LogP contribution in [0.2, 0.25) is 5.02 Å². The molecule has 0 aliphatic carbocycles. The van der Waals surface area contributed by atoms with Gasteiger partial charge in [0.25, 0.3) is 0 Å². The molecular weight excluding hydrogens is 865 g/mol. The van der Waals surface area contributed by atoms with E-state index in [9.17, 15) is 19.7 Å². The number of methoxy groups -OCH3 is 3. The molecule has 0 spiro atoms. The lowest BCUT2D eigenvalue weighted by Crippen LogP contribution is -2.03. The number of aromatic nitrogens is 4. The fraction of sp³-hybridized carbons (Fsp3) is 0.158. The Labute approximate surface area is 338 Å². The fourth-order valence-corrected chi connectivity index (χ4v) is 5.47. The van der Waals surface area contributed by atoms with Crippen molar-refractivity contribution in [2.45, 2.75) is 19.6 Å². The van der Waals surface area contributed by atoms with E-state index in [0.29, 0.717) is 57.5 Å². The van der Waals surface area contributed by atoms with Crippen LogP contribution in [0.25, 0.3) is 0 Å². The highest BCUT2D eigenvalue weighted by molar-refractivity contribution is 9.10. The van der Waals surface area contributed by atoms with Gasteiger partial charge in [0, 0.05) is 64.0 Å². The third-order valence-electron chi connectivity index (χ3n) is 7.24. The van der Waals surface area contributed by atoms with Crippen LogP contribution < -0.4 is 30.2 Å². The number of phenols is 3. The Kier molecular flexibility index (Phi) is 16.4. The Bertz CT molecular complexity index is 2070. The molecule has 0 radical (unpaired) electrons. The predicted octanol–water partition coefficient (Wildman–Crippen LogP) is 8.94. The molecule has 0 amide bonds. The number of anilines is 3. The summed E-state index contributed by atoms with van der Waals surface area (Å²) in [6.07, 6.45) is 0. The molecule has 17 heteroatoms. The zero-order chi connectivity index (χ0) is 39.7. The van der Waals surface area contributed by atoms with Crippen LogP contribution in [0, 0.1) is 5.82 Å². The van der Waals surface area contributed by atoms with Gasteiger partial charge in [0.05, 0.1) is 21.3 Å². The van der Waals surface area contributed by atoms with Crippen LogP contribution in [0.1, 0.15) is 16.7 Å². The van der Waals surface area contributed by atoms with Crippen LogP contribution in [0.3, 0.4) is 0 Å². The Morgan fingerprint density at radius 1 is 0.600 bits per heavy atom. The molecular formula is C38H37Br2ClFN7O6. The van der Waals surface area contributed by atoms with Gasteiger partial charge in [-0.3, -0.25) is 0 Å². The van der Waals surface area contributed by atoms with Gasteiger partial charge < -0.3 is 45.5 Å². The maximum atomic E-state index is 13.2. The van der Waals surface area contributed by atoms with Crippen LogP contribution in [0.15, 0.2) is 106 Å². The molecule has 0 bridgehead atoms. The van der Waals surface area contributed by atoms with E-state index >= 15 is 0 Å². The number of nitrogens with zero attached hydrogens (tertiary/aromatic N) is 4. The minimum Gasteiger partial charge on any atom is -0.508 e. The van der Waals surface area contributed by atoms with E-state index < -0.39 is 5.82 Å². The number of nitrogens with one attached hydrogen (secondary N) is 3. The highest BCUT2D eigenvalue weighted by Crippen LogP contribution is 2.25. The SMILES string of the molecule is COc1cc(Br)cc(NCc2cccc(F)c2O)n1.COc1cc(Cl)cc(NCc2ccccc2O)n1.COc1nc(Br)cc(NCc2ccccc2O)n1. The summed E-state index contributed by atoms with van der Waals surface area (Å²) >= 11 is 12.5. The number of halogens is 4. The van der Waals surface area contributed by atoms with Gasteiger partial charge in [-0.25, -0.2) is 4.39 Å². The summed E-state index contributed by atoms with van der Waals surface area (Å²) in [7, 11) is 4.57. The number of rotatable bonds is 12. The average molecular weight is 902 g/mol. The summed E-state index contributed by atoms with van der Waals surface area (Å²) in [5.41, 5.74) is 2.05. The highest BCUT2D eigenvalue weighted by Gasteiger charge is 2.08. The highest BCUT2D eigenvalue weighted by atomic mass is 79.9. The van der Waals surface area contributed by atoms with Crippen molar-refractivity contribution < 1.29 is 33.9 Å². The first-order chi connectivity index (χ1) is 26.5. The molecule has 6 aromatic rings. The number of aromatic hydroxyl groups is 3. The Morgan fingerprint density at radius 3 is 1.67 bits per heavy atom. The van der Waals surface area contributed by atoms with Crippen LogP contribution in [0.5, 0.6) is 35.0 Å². The Balaban J connectivity index is 0.000000184. The van der Waals surface area contributed by atoms with Crippen molar-refractivity contribution in [3.63, 3.8) is 0 Å². The molecule has 3 heterocycles. The van der Waals surface area contributed by atoms with Gasteiger partial charge in [-0.15, -0.1) is 0 Å². The summed E-state index contributed by atoms with van der Waals surface area (Å²) in [5, 5.41) is 38.5. The lowest BCUT2D eigenvalue weighted by Gasteiger charge is -2.09. The molecule has 0 atom stereocenters. The number of pyridine rings is 2. The zero-order valence-corrected chi connectivity index (χ0v) is 33.7. The van der Waals surface area contributed by atoms with Crippen molar-refractivity contribution >= 4 is 60.9 Å². The van der Waals surface area contributed by atoms with Gasteiger partial charge in [0.15, 0.2) is 11.6 Å². The van der Waals surface area contributed by atoms with E-state index in [2.05, 4.69) is 67.7 Å². The molecule has 288 valence electrons. The third kappa shape index (κ3) is 13.7. The molecule has 55 heavy (non-hydrogen) atoms. The Morgan fingerprint density at radius 2 is 1.11 bits per heavy atom. The smallest absolute Gasteiger partial charge is 0.319 e. The zero-order valence-electron chi connectivity index (χ0n) is 29.7. The number of phenolic OH excluding ortho intramolecular Hbond substituents is 3.